The Kier molecular flexibility index (Phi) is 12.7. The third kappa shape index (κ3) is 9.75. The molecule has 0 saturated carbocycles. The molecule has 8 heteroatoms. The van der Waals surface area contributed by atoms with Crippen molar-refractivity contribution in [3.05, 3.63) is 34.3 Å². The summed E-state index contributed by atoms with van der Waals surface area (Å²) in [5, 5.41) is 9.44. The molecule has 1 aliphatic rings. The minimum Gasteiger partial charge on any atom is -0.357 e. The van der Waals surface area contributed by atoms with E-state index in [1.54, 1.807) is 6.07 Å². The molecule has 3 N–H and O–H groups in total. The molecule has 1 saturated heterocycles. The third-order valence-electron chi connectivity index (χ3n) is 4.27. The van der Waals surface area contributed by atoms with Gasteiger partial charge >= 0.3 is 0 Å². The average Bonchev–Trinajstić information content (AvgIpc) is 2.66. The van der Waals surface area contributed by atoms with Crippen molar-refractivity contribution in [3.8, 4) is 0 Å². The Labute approximate surface area is 188 Å². The maximum atomic E-state index is 12.1. The Morgan fingerprint density at radius 3 is 2.59 bits per heavy atom. The van der Waals surface area contributed by atoms with E-state index >= 15 is 0 Å². The standard InChI is InChI=1S/C19H30BrN5O.HI/c1-2-21-19(24-11-14-25-12-4-3-5-13-25)23-10-9-22-18(26)16-7-6-8-17(20)15-16;/h6-8,15H,2-5,9-14H2,1H3,(H,22,26)(H2,21,23,24);1H. The van der Waals surface area contributed by atoms with Crippen LogP contribution in [0.25, 0.3) is 0 Å². The molecule has 6 nitrogen and oxygen atoms in total. The van der Waals surface area contributed by atoms with Gasteiger partial charge in [0.05, 0.1) is 6.54 Å². The van der Waals surface area contributed by atoms with Crippen molar-refractivity contribution in [2.45, 2.75) is 26.2 Å². The van der Waals surface area contributed by atoms with Gasteiger partial charge in [0.1, 0.15) is 0 Å². The van der Waals surface area contributed by atoms with Crippen LogP contribution in [0.3, 0.4) is 0 Å². The summed E-state index contributed by atoms with van der Waals surface area (Å²) in [5.41, 5.74) is 0.654. The lowest BCUT2D eigenvalue weighted by Crippen LogP contribution is -2.42. The molecule has 0 atom stereocenters. The molecule has 0 aliphatic carbocycles. The molecule has 1 aromatic rings. The zero-order valence-corrected chi connectivity index (χ0v) is 19.9. The maximum absolute atomic E-state index is 12.1. The monoisotopic (exact) mass is 551 g/mol. The number of nitrogens with one attached hydrogen (secondary N) is 3. The minimum absolute atomic E-state index is 0. The number of halogens is 2. The van der Waals surface area contributed by atoms with Gasteiger partial charge in [-0.05, 0) is 51.1 Å². The molecular weight excluding hydrogens is 521 g/mol. The van der Waals surface area contributed by atoms with E-state index in [9.17, 15) is 4.79 Å². The molecule has 0 spiro atoms. The van der Waals surface area contributed by atoms with Crippen LogP contribution in [0.5, 0.6) is 0 Å². The maximum Gasteiger partial charge on any atom is 0.251 e. The van der Waals surface area contributed by atoms with Crippen LogP contribution >= 0.6 is 39.9 Å². The number of guanidine groups is 1. The highest BCUT2D eigenvalue weighted by Gasteiger charge is 2.09. The number of hydrogen-bond donors (Lipinski definition) is 3. The first-order valence-corrected chi connectivity index (χ1v) is 10.3. The molecule has 0 unspecified atom stereocenters. The summed E-state index contributed by atoms with van der Waals surface area (Å²) in [6, 6.07) is 7.38. The zero-order valence-electron chi connectivity index (χ0n) is 16.0. The van der Waals surface area contributed by atoms with E-state index in [1.165, 1.54) is 32.4 Å². The number of aliphatic imine (C=N–C) groups is 1. The van der Waals surface area contributed by atoms with Gasteiger partial charge in [-0.25, -0.2) is 0 Å². The fourth-order valence-corrected chi connectivity index (χ4v) is 3.32. The molecule has 0 aromatic heterocycles. The Morgan fingerprint density at radius 1 is 1.15 bits per heavy atom. The lowest BCUT2D eigenvalue weighted by molar-refractivity contribution is 0.0954. The molecule has 27 heavy (non-hydrogen) atoms. The predicted octanol–water partition coefficient (Wildman–Crippen LogP) is 2.84. The highest BCUT2D eigenvalue weighted by Crippen LogP contribution is 2.11. The third-order valence-corrected chi connectivity index (χ3v) is 4.76. The van der Waals surface area contributed by atoms with Gasteiger partial charge in [-0.15, -0.1) is 24.0 Å². The van der Waals surface area contributed by atoms with Crippen molar-refractivity contribution in [1.82, 2.24) is 20.9 Å². The Morgan fingerprint density at radius 2 is 1.89 bits per heavy atom. The van der Waals surface area contributed by atoms with Gasteiger partial charge in [0, 0.05) is 36.2 Å². The van der Waals surface area contributed by atoms with Crippen LogP contribution in [0.2, 0.25) is 0 Å². The molecular formula is C19H31BrIN5O. The topological polar surface area (TPSA) is 68.8 Å². The zero-order chi connectivity index (χ0) is 18.6. The van der Waals surface area contributed by atoms with Crippen LogP contribution in [0.4, 0.5) is 0 Å². The summed E-state index contributed by atoms with van der Waals surface area (Å²) in [5.74, 6) is 0.737. The van der Waals surface area contributed by atoms with Crippen molar-refractivity contribution in [2.75, 3.05) is 45.8 Å². The molecule has 0 bridgehead atoms. The van der Waals surface area contributed by atoms with Crippen LogP contribution in [0.1, 0.15) is 36.5 Å². The molecule has 1 amide bonds. The minimum atomic E-state index is -0.0693. The summed E-state index contributed by atoms with van der Waals surface area (Å²) >= 11 is 3.38. The predicted molar refractivity (Wildman–Crippen MR) is 126 cm³/mol. The Bertz CT molecular complexity index is 593. The number of nitrogens with zero attached hydrogens (tertiary/aromatic N) is 2. The van der Waals surface area contributed by atoms with E-state index in [0.717, 1.165) is 30.1 Å². The average molecular weight is 552 g/mol. The van der Waals surface area contributed by atoms with Gasteiger partial charge in [0.15, 0.2) is 5.96 Å². The number of carbonyl (C=O) groups is 1. The van der Waals surface area contributed by atoms with Crippen LogP contribution in [-0.4, -0.2) is 62.6 Å². The second-order valence-corrected chi connectivity index (χ2v) is 7.27. The van der Waals surface area contributed by atoms with Crippen molar-refractivity contribution < 1.29 is 4.79 Å². The van der Waals surface area contributed by atoms with E-state index in [1.807, 2.05) is 18.2 Å². The quantitative estimate of drug-likeness (QED) is 0.201. The van der Waals surface area contributed by atoms with Gasteiger partial charge in [-0.3, -0.25) is 9.79 Å². The summed E-state index contributed by atoms with van der Waals surface area (Å²) < 4.78 is 0.901. The van der Waals surface area contributed by atoms with E-state index in [-0.39, 0.29) is 29.9 Å². The van der Waals surface area contributed by atoms with Crippen LogP contribution in [0, 0.1) is 0 Å². The molecule has 1 fully saturated rings. The number of carbonyl (C=O) groups excluding carboxylic acids is 1. The molecule has 0 radical (unpaired) electrons. The highest BCUT2D eigenvalue weighted by atomic mass is 127. The first kappa shape index (κ1) is 24.2. The Hall–Kier alpha value is -0.870. The van der Waals surface area contributed by atoms with Gasteiger partial charge in [-0.2, -0.15) is 0 Å². The van der Waals surface area contributed by atoms with Crippen LogP contribution < -0.4 is 16.0 Å². The first-order chi connectivity index (χ1) is 12.7. The second kappa shape index (κ2) is 14.2. The van der Waals surface area contributed by atoms with Crippen molar-refractivity contribution in [1.29, 1.82) is 0 Å². The number of benzene rings is 1. The SMILES string of the molecule is CCNC(=NCCN1CCCCC1)NCCNC(=O)c1cccc(Br)c1.I. The van der Waals surface area contributed by atoms with Gasteiger partial charge < -0.3 is 20.9 Å². The largest absolute Gasteiger partial charge is 0.357 e. The molecule has 2 rings (SSSR count). The Balaban J connectivity index is 0.00000364. The number of hydrogen-bond acceptors (Lipinski definition) is 3. The summed E-state index contributed by atoms with van der Waals surface area (Å²) in [6.45, 7) is 8.24. The van der Waals surface area contributed by atoms with E-state index in [4.69, 9.17) is 0 Å². The summed E-state index contributed by atoms with van der Waals surface area (Å²) in [7, 11) is 0. The molecule has 1 heterocycles. The molecule has 1 aliphatic heterocycles. The molecule has 152 valence electrons. The number of likely N-dealkylation sites (tertiary alicyclic amines) is 1. The number of rotatable bonds is 8. The fraction of sp³-hybridized carbons (Fsp3) is 0.579. The normalized spacial score (nSPS) is 15.0. The molecule has 1 aromatic carbocycles. The lowest BCUT2D eigenvalue weighted by atomic mass is 10.1. The smallest absolute Gasteiger partial charge is 0.251 e. The van der Waals surface area contributed by atoms with Gasteiger partial charge in [0.2, 0.25) is 0 Å². The van der Waals surface area contributed by atoms with Crippen LogP contribution in [-0.2, 0) is 0 Å². The van der Waals surface area contributed by atoms with Gasteiger partial charge in [0.25, 0.3) is 5.91 Å². The van der Waals surface area contributed by atoms with E-state index in [0.29, 0.717) is 18.7 Å². The van der Waals surface area contributed by atoms with E-state index < -0.39 is 0 Å². The first-order valence-electron chi connectivity index (χ1n) is 9.47. The number of piperidine rings is 1. The van der Waals surface area contributed by atoms with Crippen molar-refractivity contribution in [3.63, 3.8) is 0 Å². The van der Waals surface area contributed by atoms with Gasteiger partial charge in [-0.1, -0.05) is 28.4 Å². The number of amides is 1. The van der Waals surface area contributed by atoms with E-state index in [2.05, 4.69) is 48.7 Å². The summed E-state index contributed by atoms with van der Waals surface area (Å²) in [4.78, 5) is 19.2. The van der Waals surface area contributed by atoms with Crippen molar-refractivity contribution in [2.24, 2.45) is 4.99 Å². The second-order valence-electron chi connectivity index (χ2n) is 6.36. The summed E-state index contributed by atoms with van der Waals surface area (Å²) in [6.07, 6.45) is 3.97. The van der Waals surface area contributed by atoms with Crippen LogP contribution in [0.15, 0.2) is 33.7 Å². The lowest BCUT2D eigenvalue weighted by Gasteiger charge is -2.25. The van der Waals surface area contributed by atoms with Crippen molar-refractivity contribution >= 4 is 51.8 Å². The highest BCUT2D eigenvalue weighted by molar-refractivity contribution is 14.0. The fourth-order valence-electron chi connectivity index (χ4n) is 2.92.